The van der Waals surface area contributed by atoms with Gasteiger partial charge in [0, 0.05) is 50.9 Å². The molecule has 8 nitrogen and oxygen atoms in total. The highest BCUT2D eigenvalue weighted by atomic mass is 16.4. The number of nitrogens with zero attached hydrogens (tertiary/aromatic N) is 3. The van der Waals surface area contributed by atoms with Crippen LogP contribution in [0.5, 0.6) is 0 Å². The molecule has 0 aromatic heterocycles. The molecule has 1 aromatic carbocycles. The lowest BCUT2D eigenvalue weighted by Crippen LogP contribution is -2.41. The van der Waals surface area contributed by atoms with Crippen LogP contribution in [-0.2, 0) is 22.4 Å². The largest absolute Gasteiger partial charge is 0.481 e. The lowest BCUT2D eigenvalue weighted by Gasteiger charge is -2.34. The zero-order valence-electron chi connectivity index (χ0n) is 19.2. The van der Waals surface area contributed by atoms with E-state index in [9.17, 15) is 14.4 Å². The number of aliphatic carboxylic acids is 2. The first kappa shape index (κ1) is 23.5. The second kappa shape index (κ2) is 10.5. The Kier molecular flexibility index (Phi) is 7.53. The van der Waals surface area contributed by atoms with Gasteiger partial charge in [0.2, 0.25) is 0 Å². The molecule has 33 heavy (non-hydrogen) atoms. The van der Waals surface area contributed by atoms with Gasteiger partial charge in [-0.3, -0.25) is 14.5 Å². The number of benzene rings is 1. The second-order valence-corrected chi connectivity index (χ2v) is 9.67. The van der Waals surface area contributed by atoms with Crippen molar-refractivity contribution in [3.05, 3.63) is 29.3 Å². The Morgan fingerprint density at radius 1 is 0.879 bits per heavy atom. The van der Waals surface area contributed by atoms with Crippen molar-refractivity contribution in [3.8, 4) is 0 Å². The van der Waals surface area contributed by atoms with Gasteiger partial charge < -0.3 is 20.0 Å². The summed E-state index contributed by atoms with van der Waals surface area (Å²) < 4.78 is 0. The number of carbonyl (C=O) groups is 3. The number of anilines is 1. The summed E-state index contributed by atoms with van der Waals surface area (Å²) in [5, 5.41) is 17.9. The average molecular weight is 458 g/mol. The summed E-state index contributed by atoms with van der Waals surface area (Å²) in [4.78, 5) is 41.1. The number of fused-ring (bicyclic) bond motifs is 1. The van der Waals surface area contributed by atoms with E-state index in [0.29, 0.717) is 19.0 Å². The molecule has 2 amide bonds. The van der Waals surface area contributed by atoms with Crippen molar-refractivity contribution in [1.82, 2.24) is 9.80 Å². The van der Waals surface area contributed by atoms with Gasteiger partial charge in [-0.2, -0.15) is 0 Å². The molecule has 0 radical (unpaired) electrons. The van der Waals surface area contributed by atoms with Gasteiger partial charge in [-0.15, -0.1) is 0 Å². The smallest absolute Gasteiger partial charge is 0.324 e. The maximum atomic E-state index is 13.2. The maximum Gasteiger partial charge on any atom is 0.324 e. The molecular formula is C25H35N3O5. The van der Waals surface area contributed by atoms with Crippen molar-refractivity contribution in [1.29, 1.82) is 0 Å². The van der Waals surface area contributed by atoms with Crippen LogP contribution in [0.15, 0.2) is 18.2 Å². The van der Waals surface area contributed by atoms with E-state index in [1.54, 1.807) is 0 Å². The van der Waals surface area contributed by atoms with Crippen LogP contribution in [0, 0.1) is 5.92 Å². The van der Waals surface area contributed by atoms with E-state index >= 15 is 0 Å². The molecule has 3 aliphatic rings. The highest BCUT2D eigenvalue weighted by Crippen LogP contribution is 2.33. The van der Waals surface area contributed by atoms with Gasteiger partial charge in [-0.25, -0.2) is 4.79 Å². The molecule has 0 atom stereocenters. The topological polar surface area (TPSA) is 101 Å². The molecule has 0 bridgehead atoms. The van der Waals surface area contributed by atoms with Crippen molar-refractivity contribution >= 4 is 23.7 Å². The molecule has 2 N–H and O–H groups in total. The van der Waals surface area contributed by atoms with Gasteiger partial charge in [-0.1, -0.05) is 6.07 Å². The van der Waals surface area contributed by atoms with Crippen LogP contribution in [0.3, 0.4) is 0 Å². The quantitative estimate of drug-likeness (QED) is 0.622. The SMILES string of the molecule is O=C(O)CCC1CCC(N2CCN(c3ccc4c(c3)CCN(CCC(=O)O)CC4)C2=O)CC1. The lowest BCUT2D eigenvalue weighted by molar-refractivity contribution is -0.138. The van der Waals surface area contributed by atoms with E-state index < -0.39 is 11.9 Å². The van der Waals surface area contributed by atoms with Crippen LogP contribution in [0.2, 0.25) is 0 Å². The predicted octanol–water partition coefficient (Wildman–Crippen LogP) is 3.23. The van der Waals surface area contributed by atoms with Gasteiger partial charge >= 0.3 is 18.0 Å². The van der Waals surface area contributed by atoms with Crippen LogP contribution in [0.1, 0.15) is 56.1 Å². The number of urea groups is 1. The van der Waals surface area contributed by atoms with E-state index in [0.717, 1.165) is 70.3 Å². The third-order valence-electron chi connectivity index (χ3n) is 7.60. The molecule has 1 saturated heterocycles. The van der Waals surface area contributed by atoms with E-state index in [1.165, 1.54) is 11.1 Å². The van der Waals surface area contributed by atoms with Crippen LogP contribution < -0.4 is 4.90 Å². The molecule has 1 aliphatic carbocycles. The number of rotatable bonds is 8. The van der Waals surface area contributed by atoms with Gasteiger partial charge in [0.05, 0.1) is 6.42 Å². The molecule has 4 rings (SSSR count). The Balaban J connectivity index is 1.33. The zero-order valence-corrected chi connectivity index (χ0v) is 19.2. The van der Waals surface area contributed by atoms with Crippen LogP contribution in [0.25, 0.3) is 0 Å². The van der Waals surface area contributed by atoms with Crippen molar-refractivity contribution in [2.24, 2.45) is 5.92 Å². The fourth-order valence-corrected chi connectivity index (χ4v) is 5.61. The predicted molar refractivity (Wildman–Crippen MR) is 125 cm³/mol. The highest BCUT2D eigenvalue weighted by Gasteiger charge is 2.36. The number of hydrogen-bond donors (Lipinski definition) is 2. The van der Waals surface area contributed by atoms with Gasteiger partial charge in [0.15, 0.2) is 0 Å². The van der Waals surface area contributed by atoms with Crippen molar-refractivity contribution in [2.45, 2.75) is 63.8 Å². The summed E-state index contributed by atoms with van der Waals surface area (Å²) in [6, 6.07) is 6.68. The minimum absolute atomic E-state index is 0.0839. The summed E-state index contributed by atoms with van der Waals surface area (Å²) >= 11 is 0. The van der Waals surface area contributed by atoms with Gasteiger partial charge in [0.1, 0.15) is 0 Å². The van der Waals surface area contributed by atoms with Crippen molar-refractivity contribution < 1.29 is 24.6 Å². The van der Waals surface area contributed by atoms with E-state index in [2.05, 4.69) is 23.1 Å². The molecule has 1 aromatic rings. The third-order valence-corrected chi connectivity index (χ3v) is 7.60. The average Bonchev–Trinajstić information content (AvgIpc) is 3.06. The first-order valence-electron chi connectivity index (χ1n) is 12.3. The monoisotopic (exact) mass is 457 g/mol. The van der Waals surface area contributed by atoms with E-state index in [4.69, 9.17) is 10.2 Å². The van der Waals surface area contributed by atoms with Crippen molar-refractivity contribution in [2.75, 3.05) is 37.6 Å². The normalized spacial score (nSPS) is 23.9. The molecule has 2 aliphatic heterocycles. The molecule has 0 unspecified atom stereocenters. The number of carboxylic acid groups (broad SMARTS) is 2. The number of carbonyl (C=O) groups excluding carboxylic acids is 1. The summed E-state index contributed by atoms with van der Waals surface area (Å²) in [6.45, 7) is 3.72. The number of amides is 2. The Hall–Kier alpha value is -2.61. The zero-order chi connectivity index (χ0) is 23.4. The Morgan fingerprint density at radius 3 is 2.27 bits per heavy atom. The fraction of sp³-hybridized carbons (Fsp3) is 0.640. The Morgan fingerprint density at radius 2 is 1.58 bits per heavy atom. The molecule has 2 heterocycles. The van der Waals surface area contributed by atoms with Crippen molar-refractivity contribution in [3.63, 3.8) is 0 Å². The standard InChI is InChI=1S/C25H35N3O5/c29-23(30)8-3-18-1-5-21(6-2-18)27-15-16-28(25(27)33)22-7-4-19-9-12-26(14-11-24(31)32)13-10-20(19)17-22/h4,7,17-18,21H,1-3,5-6,8-16H2,(H,29,30)(H,31,32). The van der Waals surface area contributed by atoms with Gasteiger partial charge in [-0.05, 0) is 74.1 Å². The van der Waals surface area contributed by atoms with E-state index in [-0.39, 0.29) is 24.9 Å². The molecule has 2 fully saturated rings. The Labute approximate surface area is 195 Å². The molecule has 1 saturated carbocycles. The summed E-state index contributed by atoms with van der Waals surface area (Å²) in [6.07, 6.45) is 6.83. The summed E-state index contributed by atoms with van der Waals surface area (Å²) in [5.74, 6) is -1.02. The Bertz CT molecular complexity index is 881. The van der Waals surface area contributed by atoms with Crippen LogP contribution in [0.4, 0.5) is 10.5 Å². The lowest BCUT2D eigenvalue weighted by atomic mass is 9.83. The summed E-state index contributed by atoms with van der Waals surface area (Å²) in [5.41, 5.74) is 3.51. The van der Waals surface area contributed by atoms with E-state index in [1.807, 2.05) is 9.80 Å². The summed E-state index contributed by atoms with van der Waals surface area (Å²) in [7, 11) is 0. The fourth-order valence-electron chi connectivity index (χ4n) is 5.61. The minimum atomic E-state index is -0.759. The number of carboxylic acids is 2. The molecular weight excluding hydrogens is 422 g/mol. The third kappa shape index (κ3) is 5.85. The molecule has 180 valence electrons. The number of hydrogen-bond acceptors (Lipinski definition) is 4. The van der Waals surface area contributed by atoms with Crippen LogP contribution >= 0.6 is 0 Å². The second-order valence-electron chi connectivity index (χ2n) is 9.67. The molecule has 0 spiro atoms. The van der Waals surface area contributed by atoms with Crippen LogP contribution in [-0.4, -0.2) is 76.7 Å². The first-order valence-corrected chi connectivity index (χ1v) is 12.3. The van der Waals surface area contributed by atoms with Gasteiger partial charge in [0.25, 0.3) is 0 Å². The molecule has 8 heteroatoms. The first-order chi connectivity index (χ1) is 15.9. The minimum Gasteiger partial charge on any atom is -0.481 e. The maximum absolute atomic E-state index is 13.2. The highest BCUT2D eigenvalue weighted by molar-refractivity contribution is 5.94.